The molecule has 3 aromatic rings. The molecule has 9 nitrogen and oxygen atoms in total. The molecule has 156 valence electrons. The van der Waals surface area contributed by atoms with E-state index < -0.39 is 5.82 Å². The van der Waals surface area contributed by atoms with Gasteiger partial charge in [0.05, 0.1) is 24.3 Å². The Kier molecular flexibility index (Phi) is 5.55. The Morgan fingerprint density at radius 3 is 2.67 bits per heavy atom. The SMILES string of the molecule is CC(=O)NC1CCC(Nc2ncc(F)c(-n3cc(-n4ccccc4=O)cn3)n2)CC1. The van der Waals surface area contributed by atoms with Crippen LogP contribution in [0.15, 0.2) is 47.8 Å². The van der Waals surface area contributed by atoms with Gasteiger partial charge in [-0.05, 0) is 31.7 Å². The van der Waals surface area contributed by atoms with Crippen LogP contribution in [0.3, 0.4) is 0 Å². The van der Waals surface area contributed by atoms with E-state index in [1.807, 2.05) is 0 Å². The summed E-state index contributed by atoms with van der Waals surface area (Å²) in [5.41, 5.74) is 0.293. The van der Waals surface area contributed by atoms with Gasteiger partial charge < -0.3 is 10.6 Å². The van der Waals surface area contributed by atoms with Gasteiger partial charge in [-0.1, -0.05) is 6.07 Å². The normalized spacial score (nSPS) is 18.7. The van der Waals surface area contributed by atoms with Gasteiger partial charge in [-0.25, -0.2) is 14.1 Å². The number of nitrogens with zero attached hydrogens (tertiary/aromatic N) is 5. The van der Waals surface area contributed by atoms with E-state index in [2.05, 4.69) is 25.7 Å². The lowest BCUT2D eigenvalue weighted by Crippen LogP contribution is -2.39. The molecule has 1 amide bonds. The van der Waals surface area contributed by atoms with E-state index in [-0.39, 0.29) is 29.4 Å². The van der Waals surface area contributed by atoms with Crippen LogP contribution in [0.5, 0.6) is 0 Å². The maximum Gasteiger partial charge on any atom is 0.255 e. The highest BCUT2D eigenvalue weighted by atomic mass is 19.1. The summed E-state index contributed by atoms with van der Waals surface area (Å²) in [7, 11) is 0. The first-order valence-electron chi connectivity index (χ1n) is 9.79. The lowest BCUT2D eigenvalue weighted by Gasteiger charge is -2.29. The number of hydrogen-bond acceptors (Lipinski definition) is 6. The number of amides is 1. The number of hydrogen-bond donors (Lipinski definition) is 2. The van der Waals surface area contributed by atoms with Crippen molar-refractivity contribution in [2.75, 3.05) is 5.32 Å². The smallest absolute Gasteiger partial charge is 0.255 e. The van der Waals surface area contributed by atoms with Crippen molar-refractivity contribution in [2.24, 2.45) is 0 Å². The number of anilines is 1. The third-order valence-corrected chi connectivity index (χ3v) is 5.08. The van der Waals surface area contributed by atoms with E-state index in [1.165, 1.54) is 34.6 Å². The summed E-state index contributed by atoms with van der Waals surface area (Å²) in [6.07, 6.45) is 9.15. The molecular weight excluding hydrogens is 389 g/mol. The number of aromatic nitrogens is 5. The molecule has 0 atom stereocenters. The van der Waals surface area contributed by atoms with Crippen LogP contribution >= 0.6 is 0 Å². The molecule has 4 rings (SSSR count). The third kappa shape index (κ3) is 4.37. The molecule has 3 heterocycles. The van der Waals surface area contributed by atoms with E-state index in [0.717, 1.165) is 31.9 Å². The second kappa shape index (κ2) is 8.44. The summed E-state index contributed by atoms with van der Waals surface area (Å²) in [5, 5.41) is 10.3. The van der Waals surface area contributed by atoms with E-state index >= 15 is 0 Å². The second-order valence-corrected chi connectivity index (χ2v) is 7.31. The minimum atomic E-state index is -0.620. The number of halogens is 1. The van der Waals surface area contributed by atoms with Crippen LogP contribution in [0, 0.1) is 5.82 Å². The molecule has 1 saturated carbocycles. The predicted octanol–water partition coefficient (Wildman–Crippen LogP) is 1.81. The van der Waals surface area contributed by atoms with Crippen LogP contribution in [0.1, 0.15) is 32.6 Å². The predicted molar refractivity (Wildman–Crippen MR) is 108 cm³/mol. The molecular formula is C20H22FN7O2. The average Bonchev–Trinajstić information content (AvgIpc) is 3.20. The average molecular weight is 411 g/mol. The van der Waals surface area contributed by atoms with Gasteiger partial charge in [0.1, 0.15) is 0 Å². The second-order valence-electron chi connectivity index (χ2n) is 7.31. The highest BCUT2D eigenvalue weighted by molar-refractivity contribution is 5.73. The Bertz CT molecular complexity index is 1100. The van der Waals surface area contributed by atoms with Crippen LogP contribution in [-0.2, 0) is 4.79 Å². The number of carbonyl (C=O) groups excluding carboxylic acids is 1. The van der Waals surface area contributed by atoms with Gasteiger partial charge in [0.2, 0.25) is 11.9 Å². The quantitative estimate of drug-likeness (QED) is 0.663. The highest BCUT2D eigenvalue weighted by Crippen LogP contribution is 2.22. The Hall–Kier alpha value is -3.56. The first-order valence-corrected chi connectivity index (χ1v) is 9.79. The highest BCUT2D eigenvalue weighted by Gasteiger charge is 2.22. The Morgan fingerprint density at radius 2 is 1.93 bits per heavy atom. The van der Waals surface area contributed by atoms with Crippen molar-refractivity contribution in [1.29, 1.82) is 0 Å². The molecule has 0 aromatic carbocycles. The minimum absolute atomic E-state index is 0.00494. The van der Waals surface area contributed by atoms with Gasteiger partial charge in [0.25, 0.3) is 5.56 Å². The zero-order valence-electron chi connectivity index (χ0n) is 16.5. The molecule has 1 aliphatic carbocycles. The van der Waals surface area contributed by atoms with Crippen molar-refractivity contribution in [2.45, 2.75) is 44.7 Å². The molecule has 3 aromatic heterocycles. The van der Waals surface area contributed by atoms with Gasteiger partial charge in [-0.2, -0.15) is 10.1 Å². The van der Waals surface area contributed by atoms with Gasteiger partial charge in [0, 0.05) is 31.3 Å². The fourth-order valence-corrected chi connectivity index (χ4v) is 3.63. The fourth-order valence-electron chi connectivity index (χ4n) is 3.63. The van der Waals surface area contributed by atoms with Gasteiger partial charge in [-0.15, -0.1) is 0 Å². The Morgan fingerprint density at radius 1 is 1.17 bits per heavy atom. The molecule has 10 heteroatoms. The standard InChI is InChI=1S/C20H22FN7O2/c1-13(29)24-14-5-7-15(8-6-14)25-20-22-11-17(21)19(26-20)28-12-16(10-23-28)27-9-3-2-4-18(27)30/h2-4,9-12,14-15H,5-8H2,1H3,(H,24,29)(H,22,25,26). The summed E-state index contributed by atoms with van der Waals surface area (Å²) in [6.45, 7) is 1.52. The topological polar surface area (TPSA) is 107 Å². The van der Waals surface area contributed by atoms with Crippen LogP contribution in [-0.4, -0.2) is 42.3 Å². The van der Waals surface area contributed by atoms with E-state index in [4.69, 9.17) is 0 Å². The molecule has 0 bridgehead atoms. The van der Waals surface area contributed by atoms with Crippen molar-refractivity contribution in [3.05, 3.63) is 59.2 Å². The van der Waals surface area contributed by atoms with Crippen LogP contribution in [0.4, 0.5) is 10.3 Å². The molecule has 2 N–H and O–H groups in total. The summed E-state index contributed by atoms with van der Waals surface area (Å²) in [5.74, 6) is -0.336. The van der Waals surface area contributed by atoms with Crippen molar-refractivity contribution >= 4 is 11.9 Å². The number of carbonyl (C=O) groups is 1. The summed E-state index contributed by atoms with van der Waals surface area (Å²) >= 11 is 0. The Balaban J connectivity index is 1.49. The third-order valence-electron chi connectivity index (χ3n) is 5.08. The lowest BCUT2D eigenvalue weighted by atomic mass is 9.91. The first kappa shape index (κ1) is 19.7. The molecule has 0 spiro atoms. The van der Waals surface area contributed by atoms with Crippen molar-refractivity contribution in [3.63, 3.8) is 0 Å². The van der Waals surface area contributed by atoms with Crippen molar-refractivity contribution in [1.82, 2.24) is 29.6 Å². The summed E-state index contributed by atoms with van der Waals surface area (Å²) < 4.78 is 17.1. The van der Waals surface area contributed by atoms with Crippen molar-refractivity contribution < 1.29 is 9.18 Å². The number of nitrogens with one attached hydrogen (secondary N) is 2. The molecule has 0 aliphatic heterocycles. The largest absolute Gasteiger partial charge is 0.354 e. The van der Waals surface area contributed by atoms with Gasteiger partial charge in [0.15, 0.2) is 11.6 Å². The number of pyridine rings is 1. The van der Waals surface area contributed by atoms with Crippen molar-refractivity contribution in [3.8, 4) is 11.5 Å². The molecule has 0 saturated heterocycles. The van der Waals surface area contributed by atoms with Gasteiger partial charge in [-0.3, -0.25) is 14.2 Å². The number of rotatable bonds is 5. The van der Waals surface area contributed by atoms with Crippen LogP contribution in [0.25, 0.3) is 11.5 Å². The minimum Gasteiger partial charge on any atom is -0.354 e. The van der Waals surface area contributed by atoms with Crippen LogP contribution in [0.2, 0.25) is 0 Å². The molecule has 0 radical (unpaired) electrons. The van der Waals surface area contributed by atoms with E-state index in [0.29, 0.717) is 11.6 Å². The molecule has 1 fully saturated rings. The zero-order valence-corrected chi connectivity index (χ0v) is 16.5. The maximum absolute atomic E-state index is 14.4. The van der Waals surface area contributed by atoms with E-state index in [9.17, 15) is 14.0 Å². The summed E-state index contributed by atoms with van der Waals surface area (Å²) in [6, 6.07) is 5.14. The zero-order chi connectivity index (χ0) is 21.1. The molecule has 0 unspecified atom stereocenters. The Labute approximate surface area is 172 Å². The fraction of sp³-hybridized carbons (Fsp3) is 0.350. The monoisotopic (exact) mass is 411 g/mol. The van der Waals surface area contributed by atoms with Gasteiger partial charge >= 0.3 is 0 Å². The lowest BCUT2D eigenvalue weighted by molar-refractivity contribution is -0.119. The van der Waals surface area contributed by atoms with E-state index in [1.54, 1.807) is 18.3 Å². The molecule has 30 heavy (non-hydrogen) atoms. The van der Waals surface area contributed by atoms with Crippen LogP contribution < -0.4 is 16.2 Å². The first-order chi connectivity index (χ1) is 14.5. The molecule has 1 aliphatic rings. The maximum atomic E-state index is 14.4. The summed E-state index contributed by atoms with van der Waals surface area (Å²) in [4.78, 5) is 31.5.